The van der Waals surface area contributed by atoms with Crippen LogP contribution >= 0.6 is 0 Å². The van der Waals surface area contributed by atoms with Crippen LogP contribution in [0.25, 0.3) is 0 Å². The molecular weight excluding hydrogens is 330 g/mol. The average molecular weight is 353 g/mol. The summed E-state index contributed by atoms with van der Waals surface area (Å²) in [5.41, 5.74) is 8.09. The smallest absolute Gasteiger partial charge is 0.279 e. The van der Waals surface area contributed by atoms with E-state index in [0.717, 1.165) is 23.1 Å². The van der Waals surface area contributed by atoms with Gasteiger partial charge in [0.2, 0.25) is 5.91 Å². The van der Waals surface area contributed by atoms with Gasteiger partial charge in [0.05, 0.1) is 0 Å². The van der Waals surface area contributed by atoms with Crippen molar-refractivity contribution >= 4 is 11.8 Å². The van der Waals surface area contributed by atoms with Crippen molar-refractivity contribution < 1.29 is 14.3 Å². The maximum Gasteiger partial charge on any atom is 0.279 e. The summed E-state index contributed by atoms with van der Waals surface area (Å²) in [4.78, 5) is 28.4. The highest BCUT2D eigenvalue weighted by Crippen LogP contribution is 2.47. The van der Waals surface area contributed by atoms with Gasteiger partial charge in [0.15, 0.2) is 6.10 Å². The molecule has 1 aliphatic rings. The lowest BCUT2D eigenvalue weighted by molar-refractivity contribution is -0.133. The average Bonchev–Trinajstić information content (AvgIpc) is 3.45. The molecule has 1 aliphatic carbocycles. The van der Waals surface area contributed by atoms with E-state index < -0.39 is 12.0 Å². The second-order valence-electron chi connectivity index (χ2n) is 6.67. The zero-order valence-corrected chi connectivity index (χ0v) is 15.2. The standard InChI is InChI=1S/C20H23N3O3/c1-12-6-4-8-18(13(12)2)26-14(3)19(24)22-23-20(25)17-10-16(17)15-7-5-9-21-11-15/h4-9,11,14,16-17H,10H2,1-3H3,(H,22,24)(H,23,25). The molecule has 1 saturated carbocycles. The van der Waals surface area contributed by atoms with E-state index in [9.17, 15) is 9.59 Å². The van der Waals surface area contributed by atoms with Crippen molar-refractivity contribution in [3.8, 4) is 5.75 Å². The molecule has 26 heavy (non-hydrogen) atoms. The minimum atomic E-state index is -0.718. The molecule has 6 heteroatoms. The highest BCUT2D eigenvalue weighted by Gasteiger charge is 2.44. The molecule has 0 saturated heterocycles. The van der Waals surface area contributed by atoms with E-state index in [1.807, 2.05) is 44.2 Å². The van der Waals surface area contributed by atoms with Crippen molar-refractivity contribution in [3.63, 3.8) is 0 Å². The molecule has 1 heterocycles. The molecule has 0 radical (unpaired) electrons. The summed E-state index contributed by atoms with van der Waals surface area (Å²) in [5.74, 6) is 0.126. The Kier molecular flexibility index (Phi) is 5.21. The fourth-order valence-electron chi connectivity index (χ4n) is 2.86. The number of benzene rings is 1. The number of hydrogen-bond donors (Lipinski definition) is 2. The van der Waals surface area contributed by atoms with Gasteiger partial charge in [-0.25, -0.2) is 0 Å². The molecule has 2 N–H and O–H groups in total. The first-order chi connectivity index (χ1) is 12.5. The summed E-state index contributed by atoms with van der Waals surface area (Å²) in [7, 11) is 0. The van der Waals surface area contributed by atoms with E-state index in [2.05, 4.69) is 15.8 Å². The largest absolute Gasteiger partial charge is 0.481 e. The van der Waals surface area contributed by atoms with Crippen molar-refractivity contribution in [2.24, 2.45) is 5.92 Å². The lowest BCUT2D eigenvalue weighted by Crippen LogP contribution is -2.47. The molecule has 136 valence electrons. The minimum absolute atomic E-state index is 0.130. The lowest BCUT2D eigenvalue weighted by atomic mass is 10.1. The van der Waals surface area contributed by atoms with Crippen LogP contribution in [-0.4, -0.2) is 22.9 Å². The number of amides is 2. The van der Waals surface area contributed by atoms with E-state index in [1.165, 1.54) is 0 Å². The molecular formula is C20H23N3O3. The lowest BCUT2D eigenvalue weighted by Gasteiger charge is -2.17. The maximum absolute atomic E-state index is 12.2. The number of aryl methyl sites for hydroxylation is 1. The zero-order valence-electron chi connectivity index (χ0n) is 15.2. The summed E-state index contributed by atoms with van der Waals surface area (Å²) >= 11 is 0. The number of nitrogens with zero attached hydrogens (tertiary/aromatic N) is 1. The number of rotatable bonds is 5. The monoisotopic (exact) mass is 353 g/mol. The van der Waals surface area contributed by atoms with Gasteiger partial charge >= 0.3 is 0 Å². The third kappa shape index (κ3) is 4.02. The number of hydrazine groups is 1. The molecule has 2 aromatic rings. The second kappa shape index (κ2) is 7.56. The van der Waals surface area contributed by atoms with Gasteiger partial charge in [0, 0.05) is 18.3 Å². The molecule has 3 atom stereocenters. The van der Waals surface area contributed by atoms with Crippen LogP contribution in [0.1, 0.15) is 36.0 Å². The normalized spacial score (nSPS) is 19.3. The van der Waals surface area contributed by atoms with Gasteiger partial charge < -0.3 is 4.74 Å². The van der Waals surface area contributed by atoms with E-state index in [1.54, 1.807) is 19.3 Å². The zero-order chi connectivity index (χ0) is 18.7. The van der Waals surface area contributed by atoms with E-state index in [0.29, 0.717) is 5.75 Å². The van der Waals surface area contributed by atoms with Crippen LogP contribution in [0.15, 0.2) is 42.7 Å². The third-order valence-electron chi connectivity index (χ3n) is 4.78. The number of carbonyl (C=O) groups excluding carboxylic acids is 2. The van der Waals surface area contributed by atoms with Gasteiger partial charge in [-0.2, -0.15) is 0 Å². The van der Waals surface area contributed by atoms with Crippen molar-refractivity contribution in [2.75, 3.05) is 0 Å². The summed E-state index contributed by atoms with van der Waals surface area (Å²) in [6.45, 7) is 5.59. The number of ether oxygens (including phenoxy) is 1. The van der Waals surface area contributed by atoms with Crippen LogP contribution in [0.4, 0.5) is 0 Å². The van der Waals surface area contributed by atoms with Crippen LogP contribution in [0, 0.1) is 19.8 Å². The summed E-state index contributed by atoms with van der Waals surface area (Å²) in [6, 6.07) is 9.52. The van der Waals surface area contributed by atoms with Crippen LogP contribution in [0.2, 0.25) is 0 Å². The van der Waals surface area contributed by atoms with Crippen LogP contribution < -0.4 is 15.6 Å². The van der Waals surface area contributed by atoms with Crippen LogP contribution in [-0.2, 0) is 9.59 Å². The summed E-state index contributed by atoms with van der Waals surface area (Å²) in [5, 5.41) is 0. The highest BCUT2D eigenvalue weighted by molar-refractivity contribution is 5.87. The van der Waals surface area contributed by atoms with E-state index in [4.69, 9.17) is 4.74 Å². The molecule has 3 rings (SSSR count). The Bertz CT molecular complexity index is 807. The van der Waals surface area contributed by atoms with Crippen molar-refractivity contribution in [2.45, 2.75) is 39.2 Å². The Balaban J connectivity index is 1.48. The number of aromatic nitrogens is 1. The Morgan fingerprint density at radius 1 is 1.19 bits per heavy atom. The molecule has 3 unspecified atom stereocenters. The van der Waals surface area contributed by atoms with E-state index in [-0.39, 0.29) is 17.7 Å². The van der Waals surface area contributed by atoms with Gasteiger partial charge in [-0.1, -0.05) is 18.2 Å². The van der Waals surface area contributed by atoms with Gasteiger partial charge in [0.1, 0.15) is 5.75 Å². The van der Waals surface area contributed by atoms with Crippen LogP contribution in [0.3, 0.4) is 0 Å². The highest BCUT2D eigenvalue weighted by atomic mass is 16.5. The predicted octanol–water partition coefficient (Wildman–Crippen LogP) is 2.42. The fourth-order valence-corrected chi connectivity index (χ4v) is 2.86. The van der Waals surface area contributed by atoms with Gasteiger partial charge in [-0.3, -0.25) is 25.4 Å². The molecule has 6 nitrogen and oxygen atoms in total. The second-order valence-corrected chi connectivity index (χ2v) is 6.67. The predicted molar refractivity (Wildman–Crippen MR) is 97.4 cm³/mol. The summed E-state index contributed by atoms with van der Waals surface area (Å²) < 4.78 is 5.71. The van der Waals surface area contributed by atoms with Crippen molar-refractivity contribution in [1.82, 2.24) is 15.8 Å². The number of pyridine rings is 1. The first kappa shape index (κ1) is 17.9. The quantitative estimate of drug-likeness (QED) is 0.809. The van der Waals surface area contributed by atoms with Crippen LogP contribution in [0.5, 0.6) is 5.75 Å². The van der Waals surface area contributed by atoms with Gasteiger partial charge in [-0.15, -0.1) is 0 Å². The topological polar surface area (TPSA) is 80.3 Å². The number of nitrogens with one attached hydrogen (secondary N) is 2. The fraction of sp³-hybridized carbons (Fsp3) is 0.350. The number of hydrogen-bond acceptors (Lipinski definition) is 4. The molecule has 0 aliphatic heterocycles. The number of carbonyl (C=O) groups is 2. The Morgan fingerprint density at radius 2 is 2.00 bits per heavy atom. The molecule has 1 aromatic heterocycles. The van der Waals surface area contributed by atoms with Crippen molar-refractivity contribution in [3.05, 3.63) is 59.4 Å². The molecule has 1 fully saturated rings. The SMILES string of the molecule is Cc1cccc(OC(C)C(=O)NNC(=O)C2CC2c2cccnc2)c1C. The Labute approximate surface area is 152 Å². The van der Waals surface area contributed by atoms with E-state index >= 15 is 0 Å². The first-order valence-corrected chi connectivity index (χ1v) is 8.70. The van der Waals surface area contributed by atoms with Gasteiger partial charge in [-0.05, 0) is 61.9 Å². The summed E-state index contributed by atoms with van der Waals surface area (Å²) in [6.07, 6.45) is 3.53. The molecule has 0 spiro atoms. The minimum Gasteiger partial charge on any atom is -0.481 e. The van der Waals surface area contributed by atoms with Crippen molar-refractivity contribution in [1.29, 1.82) is 0 Å². The van der Waals surface area contributed by atoms with Gasteiger partial charge in [0.25, 0.3) is 5.91 Å². The molecule has 2 amide bonds. The Morgan fingerprint density at radius 3 is 2.73 bits per heavy atom. The Hall–Kier alpha value is -2.89. The third-order valence-corrected chi connectivity index (χ3v) is 4.78. The maximum atomic E-state index is 12.2. The molecule has 0 bridgehead atoms. The molecule has 1 aromatic carbocycles. The first-order valence-electron chi connectivity index (χ1n) is 8.70.